The van der Waals surface area contributed by atoms with Crippen LogP contribution in [0, 0.1) is 18.3 Å². The van der Waals surface area contributed by atoms with Gasteiger partial charge in [0.2, 0.25) is 0 Å². The van der Waals surface area contributed by atoms with E-state index in [1.54, 1.807) is 0 Å². The third-order valence-electron chi connectivity index (χ3n) is 4.65. The van der Waals surface area contributed by atoms with Crippen molar-refractivity contribution in [2.24, 2.45) is 0 Å². The van der Waals surface area contributed by atoms with Crippen molar-refractivity contribution in [3.8, 4) is 6.07 Å². The van der Waals surface area contributed by atoms with Crippen molar-refractivity contribution in [1.82, 2.24) is 15.0 Å². The van der Waals surface area contributed by atoms with Crippen LogP contribution in [0.5, 0.6) is 0 Å². The van der Waals surface area contributed by atoms with Gasteiger partial charge in [0.05, 0.1) is 34.6 Å². The van der Waals surface area contributed by atoms with Crippen LogP contribution >= 0.6 is 11.6 Å². The minimum atomic E-state index is 0.372. The second-order valence-electron chi connectivity index (χ2n) is 5.91. The third kappa shape index (κ3) is 2.57. The van der Waals surface area contributed by atoms with Crippen molar-refractivity contribution >= 4 is 23.1 Å². The van der Waals surface area contributed by atoms with E-state index in [4.69, 9.17) is 11.6 Å². The summed E-state index contributed by atoms with van der Waals surface area (Å²) >= 11 is 6.54. The minimum Gasteiger partial charge on any atom is -0.322 e. The number of hydrogen-bond acceptors (Lipinski definition) is 4. The normalized spacial score (nSPS) is 13.5. The highest BCUT2D eigenvalue weighted by Gasteiger charge is 2.28. The number of anilines is 2. The number of rotatable bonds is 4. The number of halogens is 1. The summed E-state index contributed by atoms with van der Waals surface area (Å²) in [4.78, 5) is 2.11. The first kappa shape index (κ1) is 15.8. The van der Waals surface area contributed by atoms with Gasteiger partial charge < -0.3 is 4.90 Å². The summed E-state index contributed by atoms with van der Waals surface area (Å²) in [5.74, 6) is 0.821. The lowest BCUT2D eigenvalue weighted by molar-refractivity contribution is 0.418. The highest BCUT2D eigenvalue weighted by molar-refractivity contribution is 6.34. The molecule has 2 aromatic rings. The van der Waals surface area contributed by atoms with Crippen molar-refractivity contribution < 1.29 is 0 Å². The zero-order chi connectivity index (χ0) is 16.6. The molecule has 0 radical (unpaired) electrons. The molecule has 1 aromatic heterocycles. The molecule has 6 heteroatoms. The molecule has 1 aromatic carbocycles. The highest BCUT2D eigenvalue weighted by atomic mass is 35.5. The van der Waals surface area contributed by atoms with E-state index in [-0.39, 0.29) is 0 Å². The molecule has 120 valence electrons. The first-order valence-corrected chi connectivity index (χ1v) is 8.39. The van der Waals surface area contributed by atoms with E-state index in [1.165, 1.54) is 0 Å². The molecular weight excluding hydrogens is 310 g/mol. The molecule has 0 saturated carbocycles. The maximum absolute atomic E-state index is 9.23. The SMILES string of the molecule is CCC(CC)n1cc(N2CCc3cc(C#N)c(C)c(Cl)c32)nn1. The lowest BCUT2D eigenvalue weighted by atomic mass is 10.0. The largest absolute Gasteiger partial charge is 0.322 e. The molecule has 0 fully saturated rings. The Hall–Kier alpha value is -2.06. The molecule has 0 aliphatic carbocycles. The summed E-state index contributed by atoms with van der Waals surface area (Å²) in [5.41, 5.74) is 3.55. The van der Waals surface area contributed by atoms with Crippen LogP contribution < -0.4 is 4.90 Å². The zero-order valence-corrected chi connectivity index (χ0v) is 14.4. The van der Waals surface area contributed by atoms with Gasteiger partial charge in [-0.25, -0.2) is 4.68 Å². The summed E-state index contributed by atoms with van der Waals surface area (Å²) in [6, 6.07) is 4.54. The van der Waals surface area contributed by atoms with Crippen molar-refractivity contribution in [2.75, 3.05) is 11.4 Å². The van der Waals surface area contributed by atoms with Crippen molar-refractivity contribution in [3.05, 3.63) is 34.0 Å². The van der Waals surface area contributed by atoms with Gasteiger partial charge >= 0.3 is 0 Å². The van der Waals surface area contributed by atoms with Crippen LogP contribution in [-0.4, -0.2) is 21.5 Å². The van der Waals surface area contributed by atoms with Gasteiger partial charge in [-0.2, -0.15) is 5.26 Å². The fraction of sp³-hybridized carbons (Fsp3) is 0.471. The number of nitriles is 1. The Morgan fingerprint density at radius 3 is 2.78 bits per heavy atom. The second kappa shape index (κ2) is 6.21. The van der Waals surface area contributed by atoms with Crippen LogP contribution in [0.25, 0.3) is 0 Å². The Balaban J connectivity index is 2.01. The highest BCUT2D eigenvalue weighted by Crippen LogP contribution is 2.42. The Kier molecular flexibility index (Phi) is 4.27. The Morgan fingerprint density at radius 2 is 2.13 bits per heavy atom. The molecule has 2 heterocycles. The first-order chi connectivity index (χ1) is 11.1. The topological polar surface area (TPSA) is 57.7 Å². The van der Waals surface area contributed by atoms with Gasteiger partial charge in [0.15, 0.2) is 5.82 Å². The van der Waals surface area contributed by atoms with Crippen LogP contribution in [0.1, 0.15) is 49.4 Å². The summed E-state index contributed by atoms with van der Waals surface area (Å²) in [6.45, 7) is 7.01. The van der Waals surface area contributed by atoms with Gasteiger partial charge in [-0.1, -0.05) is 30.7 Å². The molecule has 0 spiro atoms. The van der Waals surface area contributed by atoms with Gasteiger partial charge in [0.25, 0.3) is 0 Å². The molecule has 1 aliphatic heterocycles. The van der Waals surface area contributed by atoms with Crippen LogP contribution in [0.15, 0.2) is 12.3 Å². The maximum Gasteiger partial charge on any atom is 0.175 e. The van der Waals surface area contributed by atoms with Crippen LogP contribution in [0.3, 0.4) is 0 Å². The molecule has 0 atom stereocenters. The maximum atomic E-state index is 9.23. The molecule has 0 amide bonds. The Morgan fingerprint density at radius 1 is 1.39 bits per heavy atom. The Bertz CT molecular complexity index is 770. The molecule has 0 bridgehead atoms. The third-order valence-corrected chi connectivity index (χ3v) is 5.11. The van der Waals surface area contributed by atoms with E-state index in [1.807, 2.05) is 23.9 Å². The van der Waals surface area contributed by atoms with Crippen LogP contribution in [0.2, 0.25) is 5.02 Å². The summed E-state index contributed by atoms with van der Waals surface area (Å²) in [7, 11) is 0. The van der Waals surface area contributed by atoms with Crippen LogP contribution in [-0.2, 0) is 6.42 Å². The summed E-state index contributed by atoms with van der Waals surface area (Å²) < 4.78 is 1.94. The molecule has 0 unspecified atom stereocenters. The zero-order valence-electron chi connectivity index (χ0n) is 13.7. The smallest absolute Gasteiger partial charge is 0.175 e. The lowest BCUT2D eigenvalue weighted by Gasteiger charge is -2.18. The van der Waals surface area contributed by atoms with E-state index >= 15 is 0 Å². The van der Waals surface area contributed by atoms with Crippen LogP contribution in [0.4, 0.5) is 11.5 Å². The first-order valence-electron chi connectivity index (χ1n) is 8.02. The molecule has 0 N–H and O–H groups in total. The van der Waals surface area contributed by atoms with Crippen molar-refractivity contribution in [1.29, 1.82) is 5.26 Å². The molecular formula is C17H20ClN5. The average molecular weight is 330 g/mol. The predicted octanol–water partition coefficient (Wildman–Crippen LogP) is 4.17. The number of fused-ring (bicyclic) bond motifs is 1. The van der Waals surface area contributed by atoms with E-state index in [2.05, 4.69) is 35.1 Å². The summed E-state index contributed by atoms with van der Waals surface area (Å²) in [6.07, 6.45) is 4.92. The monoisotopic (exact) mass is 329 g/mol. The van der Waals surface area contributed by atoms with Gasteiger partial charge in [0, 0.05) is 6.54 Å². The second-order valence-corrected chi connectivity index (χ2v) is 6.29. The number of hydrogen-bond donors (Lipinski definition) is 0. The van der Waals surface area contributed by atoms with E-state index < -0.39 is 0 Å². The molecule has 3 rings (SSSR count). The van der Waals surface area contributed by atoms with Crippen molar-refractivity contribution in [3.63, 3.8) is 0 Å². The number of nitrogens with zero attached hydrogens (tertiary/aromatic N) is 5. The van der Waals surface area contributed by atoms with Gasteiger partial charge in [-0.15, -0.1) is 5.10 Å². The van der Waals surface area contributed by atoms with E-state index in [0.717, 1.165) is 48.4 Å². The molecule has 0 saturated heterocycles. The molecule has 5 nitrogen and oxygen atoms in total. The Labute approximate surface area is 141 Å². The molecule has 23 heavy (non-hydrogen) atoms. The fourth-order valence-electron chi connectivity index (χ4n) is 3.19. The quantitative estimate of drug-likeness (QED) is 0.844. The minimum absolute atomic E-state index is 0.372. The van der Waals surface area contributed by atoms with Crippen molar-refractivity contribution in [2.45, 2.75) is 46.1 Å². The van der Waals surface area contributed by atoms with Gasteiger partial charge in [-0.3, -0.25) is 0 Å². The molecule has 1 aliphatic rings. The van der Waals surface area contributed by atoms with E-state index in [9.17, 15) is 5.26 Å². The number of aromatic nitrogens is 3. The fourth-order valence-corrected chi connectivity index (χ4v) is 3.52. The average Bonchev–Trinajstić information content (AvgIpc) is 3.18. The van der Waals surface area contributed by atoms with Gasteiger partial charge in [-0.05, 0) is 43.4 Å². The standard InChI is InChI=1S/C17H20ClN5/c1-4-14(5-2)23-10-15(20-21-23)22-7-6-12-8-13(9-19)11(3)16(18)17(12)22/h8,10,14H,4-7H2,1-3H3. The van der Waals surface area contributed by atoms with E-state index in [0.29, 0.717) is 16.6 Å². The van der Waals surface area contributed by atoms with Gasteiger partial charge in [0.1, 0.15) is 0 Å². The number of benzene rings is 1. The lowest BCUT2D eigenvalue weighted by Crippen LogP contribution is -2.14. The summed E-state index contributed by atoms with van der Waals surface area (Å²) in [5, 5.41) is 18.5. The predicted molar refractivity (Wildman–Crippen MR) is 91.3 cm³/mol.